The van der Waals surface area contributed by atoms with Crippen LogP contribution >= 0.6 is 0 Å². The lowest BCUT2D eigenvalue weighted by Crippen LogP contribution is -2.22. The van der Waals surface area contributed by atoms with Crippen LogP contribution in [0.2, 0.25) is 0 Å². The summed E-state index contributed by atoms with van der Waals surface area (Å²) < 4.78 is 0. The summed E-state index contributed by atoms with van der Waals surface area (Å²) in [4.78, 5) is 0. The van der Waals surface area contributed by atoms with Crippen molar-refractivity contribution in [3.05, 3.63) is 70.3 Å². The number of hydrogen-bond acceptors (Lipinski definition) is 1. The van der Waals surface area contributed by atoms with E-state index in [1.54, 1.807) is 0 Å². The van der Waals surface area contributed by atoms with E-state index in [2.05, 4.69) is 94.2 Å². The zero-order chi connectivity index (χ0) is 16.8. The maximum Gasteiger partial charge on any atom is 0.0252 e. The summed E-state index contributed by atoms with van der Waals surface area (Å²) in [6.45, 7) is 11.8. The predicted molar refractivity (Wildman–Crippen MR) is 99.7 cm³/mol. The molecule has 1 N–H and O–H groups in total. The van der Waals surface area contributed by atoms with Crippen molar-refractivity contribution in [3.8, 4) is 11.8 Å². The Kier molecular flexibility index (Phi) is 6.02. The van der Waals surface area contributed by atoms with Gasteiger partial charge in [0.1, 0.15) is 0 Å². The lowest BCUT2D eigenvalue weighted by Gasteiger charge is -2.10. The first kappa shape index (κ1) is 17.3. The molecule has 23 heavy (non-hydrogen) atoms. The molecule has 0 saturated heterocycles. The Morgan fingerprint density at radius 2 is 1.48 bits per heavy atom. The van der Waals surface area contributed by atoms with Gasteiger partial charge in [-0.25, -0.2) is 0 Å². The third-order valence-corrected chi connectivity index (χ3v) is 3.98. The van der Waals surface area contributed by atoms with Crippen LogP contribution in [0, 0.1) is 18.8 Å². The number of nitrogens with one attached hydrogen (secondary N) is 1. The quantitative estimate of drug-likeness (QED) is 0.782. The van der Waals surface area contributed by atoms with Crippen molar-refractivity contribution < 1.29 is 0 Å². The van der Waals surface area contributed by atoms with E-state index in [-0.39, 0.29) is 0 Å². The van der Waals surface area contributed by atoms with Crippen LogP contribution in [0.15, 0.2) is 42.5 Å². The monoisotopic (exact) mass is 305 g/mol. The van der Waals surface area contributed by atoms with E-state index in [4.69, 9.17) is 0 Å². The SMILES string of the molecule is Cc1ccc(C#Cc2ccc(C(C)C)cc2)cc1CNC(C)C. The minimum atomic E-state index is 0.489. The lowest BCUT2D eigenvalue weighted by atomic mass is 10.0. The van der Waals surface area contributed by atoms with Gasteiger partial charge in [0.25, 0.3) is 0 Å². The van der Waals surface area contributed by atoms with E-state index < -0.39 is 0 Å². The van der Waals surface area contributed by atoms with Gasteiger partial charge in [-0.05, 0) is 53.8 Å². The Hall–Kier alpha value is -2.04. The van der Waals surface area contributed by atoms with Crippen LogP contribution in [0.1, 0.15) is 61.4 Å². The van der Waals surface area contributed by atoms with Gasteiger partial charge in [0.2, 0.25) is 0 Å². The highest BCUT2D eigenvalue weighted by Gasteiger charge is 2.01. The summed E-state index contributed by atoms with van der Waals surface area (Å²) in [5.74, 6) is 7.12. The summed E-state index contributed by atoms with van der Waals surface area (Å²) in [5, 5.41) is 3.47. The molecule has 0 aliphatic heterocycles. The van der Waals surface area contributed by atoms with Crippen LogP contribution in [0.25, 0.3) is 0 Å². The molecule has 0 saturated carbocycles. The molecular formula is C22H27N. The molecule has 2 rings (SSSR count). The number of rotatable bonds is 4. The normalized spacial score (nSPS) is 10.7. The smallest absolute Gasteiger partial charge is 0.0252 e. The molecule has 0 bridgehead atoms. The van der Waals surface area contributed by atoms with Crippen LogP contribution < -0.4 is 5.32 Å². The molecule has 2 aromatic rings. The van der Waals surface area contributed by atoms with Gasteiger partial charge in [-0.15, -0.1) is 0 Å². The largest absolute Gasteiger partial charge is 0.310 e. The molecule has 0 heterocycles. The average Bonchev–Trinajstić information content (AvgIpc) is 2.53. The fraction of sp³-hybridized carbons (Fsp3) is 0.364. The van der Waals surface area contributed by atoms with E-state index in [1.165, 1.54) is 16.7 Å². The summed E-state index contributed by atoms with van der Waals surface area (Å²) >= 11 is 0. The molecular weight excluding hydrogens is 278 g/mol. The minimum absolute atomic E-state index is 0.489. The van der Waals surface area contributed by atoms with E-state index >= 15 is 0 Å². The molecule has 2 aromatic carbocycles. The van der Waals surface area contributed by atoms with Crippen molar-refractivity contribution in [2.45, 2.75) is 53.1 Å². The molecule has 0 aromatic heterocycles. The first-order valence-corrected chi connectivity index (χ1v) is 8.40. The number of benzene rings is 2. The summed E-state index contributed by atoms with van der Waals surface area (Å²) in [6.07, 6.45) is 0. The highest BCUT2D eigenvalue weighted by Crippen LogP contribution is 2.15. The van der Waals surface area contributed by atoms with Gasteiger partial charge >= 0.3 is 0 Å². The fourth-order valence-corrected chi connectivity index (χ4v) is 2.35. The van der Waals surface area contributed by atoms with Gasteiger partial charge in [-0.2, -0.15) is 0 Å². The lowest BCUT2D eigenvalue weighted by molar-refractivity contribution is 0.587. The maximum absolute atomic E-state index is 3.47. The molecule has 0 amide bonds. The second kappa shape index (κ2) is 7.99. The molecule has 0 aliphatic rings. The fourth-order valence-electron chi connectivity index (χ4n) is 2.35. The van der Waals surface area contributed by atoms with Crippen molar-refractivity contribution in [1.29, 1.82) is 0 Å². The van der Waals surface area contributed by atoms with Gasteiger partial charge in [0.15, 0.2) is 0 Å². The molecule has 0 unspecified atom stereocenters. The number of hydrogen-bond donors (Lipinski definition) is 1. The summed E-state index contributed by atoms with van der Waals surface area (Å²) in [5.41, 5.74) is 6.12. The highest BCUT2D eigenvalue weighted by molar-refractivity contribution is 5.46. The summed E-state index contributed by atoms with van der Waals surface area (Å²) in [6, 6.07) is 15.5. The third kappa shape index (κ3) is 5.27. The minimum Gasteiger partial charge on any atom is -0.310 e. The van der Waals surface area contributed by atoms with E-state index in [0.717, 1.165) is 17.7 Å². The predicted octanol–water partition coefficient (Wildman–Crippen LogP) is 5.02. The Morgan fingerprint density at radius 1 is 0.870 bits per heavy atom. The number of aryl methyl sites for hydroxylation is 1. The Morgan fingerprint density at radius 3 is 2.09 bits per heavy atom. The van der Waals surface area contributed by atoms with Gasteiger partial charge in [-0.1, -0.05) is 57.7 Å². The van der Waals surface area contributed by atoms with Crippen molar-refractivity contribution in [2.24, 2.45) is 0 Å². The van der Waals surface area contributed by atoms with Gasteiger partial charge in [0, 0.05) is 23.7 Å². The van der Waals surface area contributed by atoms with Crippen LogP contribution in [0.3, 0.4) is 0 Å². The second-order valence-electron chi connectivity index (χ2n) is 6.70. The van der Waals surface area contributed by atoms with Gasteiger partial charge < -0.3 is 5.32 Å². The average molecular weight is 305 g/mol. The third-order valence-electron chi connectivity index (χ3n) is 3.98. The molecule has 0 fully saturated rings. The molecule has 0 aliphatic carbocycles. The van der Waals surface area contributed by atoms with E-state index in [9.17, 15) is 0 Å². The van der Waals surface area contributed by atoms with Crippen molar-refractivity contribution >= 4 is 0 Å². The molecule has 1 heteroatoms. The van der Waals surface area contributed by atoms with Crippen molar-refractivity contribution in [2.75, 3.05) is 0 Å². The van der Waals surface area contributed by atoms with Crippen LogP contribution in [0.5, 0.6) is 0 Å². The Bertz CT molecular complexity index is 697. The molecule has 0 spiro atoms. The standard InChI is InChI=1S/C22H27N/c1-16(2)21-12-10-19(11-13-21)8-9-20-7-6-18(5)22(14-20)15-23-17(3)4/h6-7,10-14,16-17,23H,15H2,1-5H3. The van der Waals surface area contributed by atoms with Crippen molar-refractivity contribution in [3.63, 3.8) is 0 Å². The van der Waals surface area contributed by atoms with Gasteiger partial charge in [-0.3, -0.25) is 0 Å². The topological polar surface area (TPSA) is 12.0 Å². The Labute approximate surface area is 141 Å². The molecule has 120 valence electrons. The zero-order valence-electron chi connectivity index (χ0n) is 14.9. The van der Waals surface area contributed by atoms with Crippen molar-refractivity contribution in [1.82, 2.24) is 5.32 Å². The summed E-state index contributed by atoms with van der Waals surface area (Å²) in [7, 11) is 0. The van der Waals surface area contributed by atoms with Gasteiger partial charge in [0.05, 0.1) is 0 Å². The Balaban J connectivity index is 2.15. The van der Waals surface area contributed by atoms with Crippen LogP contribution in [0.4, 0.5) is 0 Å². The molecule has 1 nitrogen and oxygen atoms in total. The second-order valence-corrected chi connectivity index (χ2v) is 6.70. The molecule has 0 atom stereocenters. The maximum atomic E-state index is 3.47. The first-order chi connectivity index (χ1) is 11.0. The van der Waals surface area contributed by atoms with E-state index in [0.29, 0.717) is 12.0 Å². The van der Waals surface area contributed by atoms with Crippen LogP contribution in [-0.2, 0) is 6.54 Å². The highest BCUT2D eigenvalue weighted by atomic mass is 14.9. The van der Waals surface area contributed by atoms with E-state index in [1.807, 2.05) is 0 Å². The van der Waals surface area contributed by atoms with Crippen LogP contribution in [-0.4, -0.2) is 6.04 Å². The zero-order valence-corrected chi connectivity index (χ0v) is 14.9. The first-order valence-electron chi connectivity index (χ1n) is 8.40. The molecule has 0 radical (unpaired) electrons.